The highest BCUT2D eigenvalue weighted by atomic mass is 35.5. The third-order valence-electron chi connectivity index (χ3n) is 4.78. The largest absolute Gasteiger partial charge is 0.326 e. The monoisotopic (exact) mass is 356 g/mol. The Morgan fingerprint density at radius 2 is 1.71 bits per heavy atom. The molecule has 122 valence electrons. The molecule has 1 heterocycles. The minimum atomic E-state index is -0.0686. The molecule has 2 nitrogen and oxygen atoms in total. The molecule has 0 fully saturated rings. The van der Waals surface area contributed by atoms with Crippen LogP contribution in [-0.2, 0) is 12.8 Å². The van der Waals surface area contributed by atoms with Gasteiger partial charge in [0.05, 0.1) is 12.4 Å². The van der Waals surface area contributed by atoms with Crippen LogP contribution in [0.2, 0.25) is 10.0 Å². The highest BCUT2D eigenvalue weighted by Gasteiger charge is 2.23. The summed E-state index contributed by atoms with van der Waals surface area (Å²) < 4.78 is 2.07. The first-order valence-corrected chi connectivity index (χ1v) is 9.02. The molecule has 0 N–H and O–H groups in total. The highest BCUT2D eigenvalue weighted by molar-refractivity contribution is 6.36. The van der Waals surface area contributed by atoms with Gasteiger partial charge < -0.3 is 4.57 Å². The van der Waals surface area contributed by atoms with Gasteiger partial charge in [0.2, 0.25) is 0 Å². The fourth-order valence-electron chi connectivity index (χ4n) is 3.61. The van der Waals surface area contributed by atoms with E-state index in [1.54, 1.807) is 6.20 Å². The summed E-state index contributed by atoms with van der Waals surface area (Å²) in [6, 6.07) is 12.4. The van der Waals surface area contributed by atoms with Crippen molar-refractivity contribution in [3.05, 3.63) is 87.4 Å². The predicted octanol–water partition coefficient (Wildman–Crippen LogP) is 5.71. The highest BCUT2D eigenvalue weighted by Crippen LogP contribution is 2.37. The Bertz CT molecular complexity index is 836. The lowest BCUT2D eigenvalue weighted by molar-refractivity contribution is 0.661. The predicted molar refractivity (Wildman–Crippen MR) is 99.0 cm³/mol. The van der Waals surface area contributed by atoms with Crippen molar-refractivity contribution in [3.63, 3.8) is 0 Å². The summed E-state index contributed by atoms with van der Waals surface area (Å²) in [5, 5.41) is 1.36. The quantitative estimate of drug-likeness (QED) is 0.587. The maximum atomic E-state index is 6.52. The molecule has 0 saturated heterocycles. The fraction of sp³-hybridized carbons (Fsp3) is 0.250. The molecule has 4 rings (SSSR count). The first kappa shape index (κ1) is 15.7. The van der Waals surface area contributed by atoms with E-state index in [2.05, 4.69) is 27.8 Å². The van der Waals surface area contributed by atoms with Gasteiger partial charge in [-0.15, -0.1) is 0 Å². The minimum Gasteiger partial charge on any atom is -0.326 e. The summed E-state index contributed by atoms with van der Waals surface area (Å²) in [5.41, 5.74) is 5.05. The van der Waals surface area contributed by atoms with Crippen molar-refractivity contribution in [2.45, 2.75) is 31.7 Å². The molecule has 4 heteroatoms. The number of imidazole rings is 1. The van der Waals surface area contributed by atoms with E-state index in [9.17, 15) is 0 Å². The summed E-state index contributed by atoms with van der Waals surface area (Å²) >= 11 is 13.0. The van der Waals surface area contributed by atoms with Crippen LogP contribution in [-0.4, -0.2) is 9.55 Å². The van der Waals surface area contributed by atoms with Gasteiger partial charge in [-0.2, -0.15) is 0 Å². The van der Waals surface area contributed by atoms with Crippen LogP contribution in [0.5, 0.6) is 0 Å². The molecule has 0 spiro atoms. The van der Waals surface area contributed by atoms with Crippen molar-refractivity contribution < 1.29 is 0 Å². The van der Waals surface area contributed by atoms with E-state index in [4.69, 9.17) is 23.2 Å². The number of halogens is 2. The summed E-state index contributed by atoms with van der Waals surface area (Å²) in [5.74, 6) is 0. The molecule has 1 aliphatic rings. The van der Waals surface area contributed by atoms with Gasteiger partial charge in [-0.05, 0) is 54.5 Å². The van der Waals surface area contributed by atoms with Crippen LogP contribution < -0.4 is 0 Å². The number of nitrogens with zero attached hydrogens (tertiary/aromatic N) is 2. The molecule has 1 atom stereocenters. The Hall–Kier alpha value is -1.77. The lowest BCUT2D eigenvalue weighted by Crippen LogP contribution is -2.13. The normalized spacial score (nSPS) is 15.1. The third-order valence-corrected chi connectivity index (χ3v) is 5.44. The number of hydrogen-bond acceptors (Lipinski definition) is 1. The van der Waals surface area contributed by atoms with Crippen LogP contribution in [0.3, 0.4) is 0 Å². The van der Waals surface area contributed by atoms with Gasteiger partial charge in [0.25, 0.3) is 0 Å². The van der Waals surface area contributed by atoms with Gasteiger partial charge in [-0.1, -0.05) is 47.5 Å². The molecule has 1 unspecified atom stereocenters. The van der Waals surface area contributed by atoms with Crippen molar-refractivity contribution in [1.29, 1.82) is 0 Å². The Labute approximate surface area is 152 Å². The van der Waals surface area contributed by atoms with Crippen molar-refractivity contribution in [3.8, 4) is 0 Å². The van der Waals surface area contributed by atoms with Crippen molar-refractivity contribution >= 4 is 23.2 Å². The molecule has 0 radical (unpaired) electrons. The smallest absolute Gasteiger partial charge is 0.0954 e. The minimum absolute atomic E-state index is 0.0686. The Morgan fingerprint density at radius 1 is 0.958 bits per heavy atom. The SMILES string of the molecule is Clc1cccc(Cl)c1C(c1ccc2c(c1)CCCC2)n1ccnc1. The standard InChI is InChI=1S/C20H18Cl2N2/c21-17-6-3-7-18(22)19(17)20(24-11-10-23-13-24)16-9-8-14-4-1-2-5-15(14)12-16/h3,6-13,20H,1-2,4-5H2. The number of aryl methyl sites for hydroxylation is 2. The average molecular weight is 357 g/mol. The van der Waals surface area contributed by atoms with Crippen LogP contribution in [0.4, 0.5) is 0 Å². The third kappa shape index (κ3) is 2.85. The zero-order chi connectivity index (χ0) is 16.5. The first-order chi connectivity index (χ1) is 11.7. The molecule has 1 aromatic heterocycles. The van der Waals surface area contributed by atoms with Crippen LogP contribution in [0.15, 0.2) is 55.1 Å². The Balaban J connectivity index is 1.88. The van der Waals surface area contributed by atoms with Crippen molar-refractivity contribution in [2.24, 2.45) is 0 Å². The van der Waals surface area contributed by atoms with E-state index in [0.717, 1.165) is 12.0 Å². The zero-order valence-corrected chi connectivity index (χ0v) is 14.8. The molecule has 1 aliphatic carbocycles. The van der Waals surface area contributed by atoms with Gasteiger partial charge in [0.15, 0.2) is 0 Å². The number of hydrogen-bond donors (Lipinski definition) is 0. The fourth-order valence-corrected chi connectivity index (χ4v) is 4.21. The zero-order valence-electron chi connectivity index (χ0n) is 13.3. The summed E-state index contributed by atoms with van der Waals surface area (Å²) in [6.07, 6.45) is 10.4. The van der Waals surface area contributed by atoms with Crippen molar-refractivity contribution in [1.82, 2.24) is 9.55 Å². The second-order valence-electron chi connectivity index (χ2n) is 6.28. The van der Waals surface area contributed by atoms with Crippen LogP contribution in [0, 0.1) is 0 Å². The molecule has 0 aliphatic heterocycles. The lowest BCUT2D eigenvalue weighted by atomic mass is 9.88. The van der Waals surface area contributed by atoms with E-state index in [-0.39, 0.29) is 6.04 Å². The van der Waals surface area contributed by atoms with Crippen LogP contribution in [0.1, 0.15) is 41.1 Å². The number of aromatic nitrogens is 2. The van der Waals surface area contributed by atoms with Gasteiger partial charge in [-0.3, -0.25) is 0 Å². The molecular formula is C20H18Cl2N2. The van der Waals surface area contributed by atoms with E-state index in [1.807, 2.05) is 30.7 Å². The van der Waals surface area contributed by atoms with Gasteiger partial charge in [0.1, 0.15) is 0 Å². The van der Waals surface area contributed by atoms with Gasteiger partial charge in [0, 0.05) is 28.0 Å². The van der Waals surface area contributed by atoms with Gasteiger partial charge in [-0.25, -0.2) is 4.98 Å². The van der Waals surface area contributed by atoms with Crippen molar-refractivity contribution in [2.75, 3.05) is 0 Å². The maximum Gasteiger partial charge on any atom is 0.0954 e. The molecular weight excluding hydrogens is 339 g/mol. The lowest BCUT2D eigenvalue weighted by Gasteiger charge is -2.24. The van der Waals surface area contributed by atoms with E-state index < -0.39 is 0 Å². The number of rotatable bonds is 3. The summed E-state index contributed by atoms with van der Waals surface area (Å²) in [4.78, 5) is 4.22. The maximum absolute atomic E-state index is 6.52. The average Bonchev–Trinajstić information content (AvgIpc) is 3.12. The topological polar surface area (TPSA) is 17.8 Å². The summed E-state index contributed by atoms with van der Waals surface area (Å²) in [6.45, 7) is 0. The summed E-state index contributed by atoms with van der Waals surface area (Å²) in [7, 11) is 0. The second-order valence-corrected chi connectivity index (χ2v) is 7.10. The van der Waals surface area contributed by atoms with Crippen LogP contribution >= 0.6 is 23.2 Å². The number of benzene rings is 2. The van der Waals surface area contributed by atoms with E-state index >= 15 is 0 Å². The molecule has 24 heavy (non-hydrogen) atoms. The Morgan fingerprint density at radius 3 is 2.42 bits per heavy atom. The number of fused-ring (bicyclic) bond motifs is 1. The molecule has 3 aromatic rings. The molecule has 0 amide bonds. The first-order valence-electron chi connectivity index (χ1n) is 8.27. The molecule has 2 aromatic carbocycles. The second kappa shape index (κ2) is 6.62. The molecule has 0 saturated carbocycles. The Kier molecular flexibility index (Phi) is 4.34. The van der Waals surface area contributed by atoms with E-state index in [1.165, 1.54) is 36.0 Å². The molecule has 0 bridgehead atoms. The van der Waals surface area contributed by atoms with E-state index in [0.29, 0.717) is 10.0 Å². The van der Waals surface area contributed by atoms with Gasteiger partial charge >= 0.3 is 0 Å². The van der Waals surface area contributed by atoms with Crippen LogP contribution in [0.25, 0.3) is 0 Å².